The van der Waals surface area contributed by atoms with Crippen LogP contribution in [-0.4, -0.2) is 77.5 Å². The van der Waals surface area contributed by atoms with Gasteiger partial charge in [-0.1, -0.05) is 60.4 Å². The molecule has 346 valence electrons. The molecule has 0 saturated heterocycles. The van der Waals surface area contributed by atoms with E-state index in [0.29, 0.717) is 60.4 Å². The number of carbonyl (C=O) groups is 2. The second kappa shape index (κ2) is 18.8. The molecule has 5 aliphatic rings. The second-order valence-corrected chi connectivity index (χ2v) is 19.4. The van der Waals surface area contributed by atoms with E-state index in [1.165, 1.54) is 0 Å². The van der Waals surface area contributed by atoms with Gasteiger partial charge >= 0.3 is 0 Å². The molecular weight excluding hydrogens is 843 g/mol. The number of carbonyl (C=O) groups excluding carboxylic acids is 2. The van der Waals surface area contributed by atoms with Gasteiger partial charge in [0.1, 0.15) is 23.4 Å². The topological polar surface area (TPSA) is 188 Å². The maximum atomic E-state index is 15.8. The number of aryl methyl sites for hydroxylation is 2. The van der Waals surface area contributed by atoms with Crippen molar-refractivity contribution in [2.45, 2.75) is 120 Å². The van der Waals surface area contributed by atoms with Crippen molar-refractivity contribution in [2.24, 2.45) is 11.8 Å². The molecular formula is C56H59N3O8. The predicted octanol–water partition coefficient (Wildman–Crippen LogP) is 8.01. The molecule has 10 rings (SSSR count). The number of ether oxygens (including phenoxy) is 1. The molecule has 4 heterocycles. The van der Waals surface area contributed by atoms with Gasteiger partial charge in [-0.25, -0.2) is 0 Å². The lowest BCUT2D eigenvalue weighted by Gasteiger charge is -2.39. The van der Waals surface area contributed by atoms with Crippen molar-refractivity contribution in [3.63, 3.8) is 0 Å². The Morgan fingerprint density at radius 1 is 0.851 bits per heavy atom. The van der Waals surface area contributed by atoms with Crippen LogP contribution in [0.4, 0.5) is 5.82 Å². The van der Waals surface area contributed by atoms with Gasteiger partial charge in [-0.05, 0) is 139 Å². The minimum absolute atomic E-state index is 0.00775. The maximum absolute atomic E-state index is 15.8. The first-order chi connectivity index (χ1) is 32.5. The Hall–Kier alpha value is -6.32. The summed E-state index contributed by atoms with van der Waals surface area (Å²) < 4.78 is 6.47. The Labute approximate surface area is 391 Å². The summed E-state index contributed by atoms with van der Waals surface area (Å²) in [6, 6.07) is 18.5. The average Bonchev–Trinajstić information content (AvgIpc) is 4.09. The number of aromatic hydroxyl groups is 2. The highest BCUT2D eigenvalue weighted by Crippen LogP contribution is 2.48. The Morgan fingerprint density at radius 3 is 2.54 bits per heavy atom. The van der Waals surface area contributed by atoms with Crippen molar-refractivity contribution in [1.82, 2.24) is 9.97 Å². The molecule has 6 unspecified atom stereocenters. The highest BCUT2D eigenvalue weighted by Gasteiger charge is 2.46. The van der Waals surface area contributed by atoms with E-state index in [0.717, 1.165) is 70.3 Å². The third-order valence-corrected chi connectivity index (χ3v) is 14.9. The lowest BCUT2D eigenvalue weighted by atomic mass is 9.65. The van der Waals surface area contributed by atoms with Gasteiger partial charge in [-0.3, -0.25) is 9.59 Å². The van der Waals surface area contributed by atoms with Crippen LogP contribution in [0.25, 0.3) is 12.2 Å². The standard InChI is InChI=1S/C56H59N3O8/c60-24-19-44-50(63)14-12-34-27-39(53(64)51(28-34)67-41-7-1-2-8-41)26-33-11-13-36-30-40(61)6-4-9-47(59-55-37(17-22-58-55)29-38(36)25-33)45-31-48-43(18-23-57-48)46(52(45)54(44)65)32-56(66)20-15-35-5-3-10-49(62)42(35)16-21-56/h3,5,10-11,13,16-18,21-23,25,27-28,31,40-41,44,46-47,52,57-62,64,66H,1-2,6-8,12,14-15,19-20,24,26,29-30,32H2. The SMILES string of the molecule is O=C1CCc2cc(c(O)c(OC3CCCC3)c2)Cc2ccc3c(c2)Cc2cc[nH]c2NC(C#CCC(O)C3)C2=Cc3[nH]ccc3C(CC3(O)C=Cc4c(O)cccc4CC3)C2C(=O)C1CCO. The summed E-state index contributed by atoms with van der Waals surface area (Å²) in [4.78, 5) is 37.4. The summed E-state index contributed by atoms with van der Waals surface area (Å²) >= 11 is 0. The fraction of sp³-hybridized carbons (Fsp3) is 0.393. The number of hydrogen-bond donors (Lipinski definition) is 8. The summed E-state index contributed by atoms with van der Waals surface area (Å²) in [5.74, 6) is 4.51. The van der Waals surface area contributed by atoms with E-state index >= 15 is 4.79 Å². The second-order valence-electron chi connectivity index (χ2n) is 19.4. The third kappa shape index (κ3) is 9.23. The first-order valence-corrected chi connectivity index (χ1v) is 24.0. The average molecular weight is 902 g/mol. The van der Waals surface area contributed by atoms with Crippen LogP contribution in [0.2, 0.25) is 0 Å². The van der Waals surface area contributed by atoms with Crippen LogP contribution in [0.5, 0.6) is 17.2 Å². The van der Waals surface area contributed by atoms with Gasteiger partial charge in [-0.15, -0.1) is 0 Å². The number of benzene rings is 3. The predicted molar refractivity (Wildman–Crippen MR) is 257 cm³/mol. The smallest absolute Gasteiger partial charge is 0.161 e. The van der Waals surface area contributed by atoms with Crippen molar-refractivity contribution in [1.29, 1.82) is 0 Å². The Bertz CT molecular complexity index is 2820. The number of ketones is 2. The summed E-state index contributed by atoms with van der Waals surface area (Å²) in [5.41, 5.74) is 7.73. The van der Waals surface area contributed by atoms with Gasteiger partial charge in [0, 0.05) is 73.3 Å². The highest BCUT2D eigenvalue weighted by atomic mass is 16.5. The van der Waals surface area contributed by atoms with Gasteiger partial charge < -0.3 is 45.6 Å². The lowest BCUT2D eigenvalue weighted by Crippen LogP contribution is -2.42. The molecule has 1 saturated carbocycles. The van der Waals surface area contributed by atoms with Crippen LogP contribution >= 0.6 is 0 Å². The Balaban J connectivity index is 1.12. The quantitative estimate of drug-likeness (QED) is 0.0617. The summed E-state index contributed by atoms with van der Waals surface area (Å²) in [7, 11) is 0. The number of anilines is 1. The van der Waals surface area contributed by atoms with Crippen molar-refractivity contribution in [3.8, 4) is 29.1 Å². The highest BCUT2D eigenvalue weighted by molar-refractivity contribution is 6.05. The van der Waals surface area contributed by atoms with Gasteiger partial charge in [0.25, 0.3) is 0 Å². The van der Waals surface area contributed by atoms with E-state index in [-0.39, 0.29) is 61.3 Å². The van der Waals surface area contributed by atoms with E-state index < -0.39 is 42.1 Å². The molecule has 0 spiro atoms. The molecule has 67 heavy (non-hydrogen) atoms. The molecule has 5 bridgehead atoms. The number of aromatic amines is 2. The van der Waals surface area contributed by atoms with E-state index in [1.807, 2.05) is 54.9 Å². The van der Waals surface area contributed by atoms with Gasteiger partial charge in [0.05, 0.1) is 23.7 Å². The first-order valence-electron chi connectivity index (χ1n) is 24.0. The number of hydrogen-bond acceptors (Lipinski definition) is 9. The third-order valence-electron chi connectivity index (χ3n) is 14.9. The van der Waals surface area contributed by atoms with E-state index in [1.54, 1.807) is 24.3 Å². The zero-order valence-corrected chi connectivity index (χ0v) is 37.7. The molecule has 6 atom stereocenters. The lowest BCUT2D eigenvalue weighted by molar-refractivity contribution is -0.135. The number of H-pyrrole nitrogens is 2. The minimum atomic E-state index is -1.42. The Morgan fingerprint density at radius 2 is 1.69 bits per heavy atom. The van der Waals surface area contributed by atoms with Gasteiger partial charge in [0.15, 0.2) is 17.3 Å². The van der Waals surface area contributed by atoms with Crippen molar-refractivity contribution in [2.75, 3.05) is 11.9 Å². The van der Waals surface area contributed by atoms with Crippen LogP contribution in [0.3, 0.4) is 0 Å². The van der Waals surface area contributed by atoms with Crippen LogP contribution < -0.4 is 10.1 Å². The molecule has 2 aromatic heterocycles. The molecule has 11 heteroatoms. The Kier molecular flexibility index (Phi) is 12.5. The first kappa shape index (κ1) is 44.5. The molecule has 5 aromatic rings. The molecule has 2 aliphatic heterocycles. The number of Topliss-reactive ketones (excluding diaryl/α,β-unsaturated/α-hetero) is 2. The number of phenolic OH excluding ortho intramolecular Hbond substituents is 2. The molecule has 8 N–H and O–H groups in total. The van der Waals surface area contributed by atoms with Crippen molar-refractivity contribution in [3.05, 3.63) is 140 Å². The van der Waals surface area contributed by atoms with Crippen molar-refractivity contribution < 1.29 is 39.9 Å². The van der Waals surface area contributed by atoms with Crippen LogP contribution in [0.1, 0.15) is 119 Å². The summed E-state index contributed by atoms with van der Waals surface area (Å²) in [6.45, 7) is -0.392. The zero-order valence-electron chi connectivity index (χ0n) is 37.7. The van der Waals surface area contributed by atoms with Gasteiger partial charge in [-0.2, -0.15) is 0 Å². The van der Waals surface area contributed by atoms with Crippen LogP contribution in [0.15, 0.2) is 84.7 Å². The molecule has 1 fully saturated rings. The number of aromatic nitrogens is 2. The molecule has 3 aromatic carbocycles. The number of aliphatic hydroxyl groups is 3. The molecule has 11 nitrogen and oxygen atoms in total. The van der Waals surface area contributed by atoms with Crippen LogP contribution in [0, 0.1) is 23.7 Å². The molecule has 0 radical (unpaired) electrons. The summed E-state index contributed by atoms with van der Waals surface area (Å²) in [5, 5.41) is 61.0. The zero-order chi connectivity index (χ0) is 46.2. The fourth-order valence-corrected chi connectivity index (χ4v) is 11.3. The number of fused-ring (bicyclic) bond motifs is 8. The summed E-state index contributed by atoms with van der Waals surface area (Å²) in [6.07, 6.45) is 14.8. The number of aliphatic hydroxyl groups excluding tert-OH is 2. The van der Waals surface area contributed by atoms with Gasteiger partial charge in [0.2, 0.25) is 0 Å². The maximum Gasteiger partial charge on any atom is 0.161 e. The number of rotatable bonds is 6. The molecule has 3 aliphatic carbocycles. The number of nitrogens with one attached hydrogen (secondary N) is 3. The normalized spacial score (nSPS) is 25.2. The number of phenols is 2. The molecule has 0 amide bonds. The van der Waals surface area contributed by atoms with Crippen LogP contribution in [-0.2, 0) is 41.7 Å². The fourth-order valence-electron chi connectivity index (χ4n) is 11.3. The monoisotopic (exact) mass is 901 g/mol. The van der Waals surface area contributed by atoms with E-state index in [2.05, 4.69) is 39.3 Å². The minimum Gasteiger partial charge on any atom is -0.507 e. The van der Waals surface area contributed by atoms with E-state index in [9.17, 15) is 30.3 Å². The largest absolute Gasteiger partial charge is 0.507 e. The van der Waals surface area contributed by atoms with Crippen molar-refractivity contribution >= 4 is 29.5 Å². The van der Waals surface area contributed by atoms with E-state index in [4.69, 9.17) is 4.74 Å².